The Morgan fingerprint density at radius 1 is 1.21 bits per heavy atom. The molecule has 1 aromatic carbocycles. The van der Waals surface area contributed by atoms with Crippen LogP contribution in [0.15, 0.2) is 35.7 Å². The van der Waals surface area contributed by atoms with Crippen LogP contribution < -0.4 is 10.2 Å². The van der Waals surface area contributed by atoms with Gasteiger partial charge in [0.15, 0.2) is 0 Å². The third-order valence-electron chi connectivity index (χ3n) is 3.81. The second kappa shape index (κ2) is 9.27. The summed E-state index contributed by atoms with van der Waals surface area (Å²) in [5, 5.41) is 5.99. The summed E-state index contributed by atoms with van der Waals surface area (Å²) in [5.41, 5.74) is 2.17. The van der Waals surface area contributed by atoms with Gasteiger partial charge in [-0.3, -0.25) is 0 Å². The minimum Gasteiger partial charge on any atom is -0.375 e. The molecule has 0 unspecified atom stereocenters. The van der Waals surface area contributed by atoms with Crippen LogP contribution in [0.3, 0.4) is 0 Å². The average Bonchev–Trinajstić information content (AvgIpc) is 2.99. The Hall–Kier alpha value is -2.08. The number of urea groups is 1. The van der Waals surface area contributed by atoms with Crippen molar-refractivity contribution >= 4 is 23.1 Å². The smallest absolute Gasteiger partial charge is 0.317 e. The highest BCUT2D eigenvalue weighted by Crippen LogP contribution is 2.11. The maximum atomic E-state index is 12.1. The van der Waals surface area contributed by atoms with Crippen molar-refractivity contribution in [2.45, 2.75) is 26.3 Å². The fourth-order valence-electron chi connectivity index (χ4n) is 2.41. The molecule has 6 heteroatoms. The maximum absolute atomic E-state index is 12.1. The minimum absolute atomic E-state index is 0.0444. The molecule has 2 amide bonds. The van der Waals surface area contributed by atoms with E-state index in [9.17, 15) is 4.79 Å². The molecule has 2 rings (SSSR count). The molecule has 1 N–H and O–H groups in total. The van der Waals surface area contributed by atoms with E-state index in [2.05, 4.69) is 34.4 Å². The van der Waals surface area contributed by atoms with Crippen LogP contribution in [0.2, 0.25) is 0 Å². The summed E-state index contributed by atoms with van der Waals surface area (Å²) in [6.07, 6.45) is 2.01. The number of carbonyl (C=O) groups is 1. The molecule has 0 saturated carbocycles. The summed E-state index contributed by atoms with van der Waals surface area (Å²) in [5.74, 6) is 0. The molecule has 0 bridgehead atoms. The molecule has 0 radical (unpaired) electrons. The van der Waals surface area contributed by atoms with Gasteiger partial charge in [-0.05, 0) is 31.9 Å². The normalized spacial score (nSPS) is 10.5. The van der Waals surface area contributed by atoms with E-state index in [0.29, 0.717) is 13.1 Å². The van der Waals surface area contributed by atoms with E-state index in [1.165, 1.54) is 5.69 Å². The zero-order valence-electron chi connectivity index (χ0n) is 14.7. The van der Waals surface area contributed by atoms with Crippen LogP contribution in [0, 0.1) is 6.92 Å². The number of aromatic nitrogens is 1. The van der Waals surface area contributed by atoms with E-state index in [0.717, 1.165) is 30.1 Å². The number of anilines is 1. The lowest BCUT2D eigenvalue weighted by Crippen LogP contribution is -2.37. The number of rotatable bonds is 8. The van der Waals surface area contributed by atoms with Gasteiger partial charge >= 0.3 is 6.03 Å². The Bertz CT molecular complexity index is 629. The summed E-state index contributed by atoms with van der Waals surface area (Å²) in [7, 11) is 3.89. The lowest BCUT2D eigenvalue weighted by atomic mass is 10.2. The molecule has 5 nitrogen and oxygen atoms in total. The van der Waals surface area contributed by atoms with Gasteiger partial charge in [-0.25, -0.2) is 9.78 Å². The Balaban J connectivity index is 1.60. The number of para-hydroxylation sites is 1. The lowest BCUT2D eigenvalue weighted by molar-refractivity contribution is 0.206. The van der Waals surface area contributed by atoms with Crippen molar-refractivity contribution < 1.29 is 4.79 Å². The summed E-state index contributed by atoms with van der Waals surface area (Å²) >= 11 is 1.61. The molecule has 2 aromatic rings. The molecule has 1 aromatic heterocycles. The van der Waals surface area contributed by atoms with Crippen LogP contribution in [0.25, 0.3) is 0 Å². The first-order valence-corrected chi connectivity index (χ1v) is 9.10. The van der Waals surface area contributed by atoms with E-state index in [-0.39, 0.29) is 6.03 Å². The third-order valence-corrected chi connectivity index (χ3v) is 4.63. The fraction of sp³-hybridized carbons (Fsp3) is 0.444. The quantitative estimate of drug-likeness (QED) is 0.744. The van der Waals surface area contributed by atoms with Crippen molar-refractivity contribution in [1.82, 2.24) is 15.2 Å². The van der Waals surface area contributed by atoms with Gasteiger partial charge in [0.2, 0.25) is 0 Å². The molecule has 0 aliphatic rings. The molecule has 130 valence electrons. The van der Waals surface area contributed by atoms with Gasteiger partial charge < -0.3 is 15.1 Å². The van der Waals surface area contributed by atoms with Crippen molar-refractivity contribution in [3.8, 4) is 0 Å². The number of hydrogen-bond donors (Lipinski definition) is 1. The number of benzene rings is 1. The summed E-state index contributed by atoms with van der Waals surface area (Å²) < 4.78 is 0. The molecule has 0 aliphatic carbocycles. The largest absolute Gasteiger partial charge is 0.375 e. The van der Waals surface area contributed by atoms with Crippen LogP contribution in [-0.4, -0.2) is 43.1 Å². The van der Waals surface area contributed by atoms with Gasteiger partial charge in [-0.15, -0.1) is 11.3 Å². The highest BCUT2D eigenvalue weighted by atomic mass is 32.1. The Morgan fingerprint density at radius 3 is 2.62 bits per heavy atom. The second-order valence-corrected chi connectivity index (χ2v) is 6.97. The van der Waals surface area contributed by atoms with Crippen molar-refractivity contribution in [3.63, 3.8) is 0 Å². The molecule has 0 aliphatic heterocycles. The molecule has 0 saturated heterocycles. The van der Waals surface area contributed by atoms with E-state index in [1.54, 1.807) is 23.3 Å². The second-order valence-electron chi connectivity index (χ2n) is 5.91. The molecule has 0 atom stereocenters. The Kier molecular flexibility index (Phi) is 7.06. The van der Waals surface area contributed by atoms with E-state index in [1.807, 2.05) is 30.5 Å². The van der Waals surface area contributed by atoms with Gasteiger partial charge in [-0.2, -0.15) is 0 Å². The molecule has 0 fully saturated rings. The minimum atomic E-state index is -0.0444. The van der Waals surface area contributed by atoms with Gasteiger partial charge in [-0.1, -0.05) is 18.2 Å². The summed E-state index contributed by atoms with van der Waals surface area (Å²) in [6.45, 7) is 4.20. The van der Waals surface area contributed by atoms with Gasteiger partial charge in [0.1, 0.15) is 0 Å². The Morgan fingerprint density at radius 2 is 1.96 bits per heavy atom. The number of amides is 2. The fourth-order valence-corrected chi connectivity index (χ4v) is 3.02. The SMILES string of the molecule is Cc1nc(CN(C)C(=O)NCCCCN(C)c2ccccc2)cs1. The average molecular weight is 346 g/mol. The van der Waals surface area contributed by atoms with E-state index >= 15 is 0 Å². The number of unbranched alkanes of at least 4 members (excludes halogenated alkanes) is 1. The summed E-state index contributed by atoms with van der Waals surface area (Å²) in [6, 6.07) is 10.3. The highest BCUT2D eigenvalue weighted by Gasteiger charge is 2.10. The molecule has 0 spiro atoms. The lowest BCUT2D eigenvalue weighted by Gasteiger charge is -2.20. The predicted molar refractivity (Wildman–Crippen MR) is 101 cm³/mol. The molecule has 24 heavy (non-hydrogen) atoms. The number of aryl methyl sites for hydroxylation is 1. The van der Waals surface area contributed by atoms with Crippen LogP contribution in [0.4, 0.5) is 10.5 Å². The predicted octanol–water partition coefficient (Wildman–Crippen LogP) is 3.51. The van der Waals surface area contributed by atoms with Crippen LogP contribution in [0.5, 0.6) is 0 Å². The van der Waals surface area contributed by atoms with Gasteiger partial charge in [0.05, 0.1) is 17.2 Å². The first-order chi connectivity index (χ1) is 11.6. The van der Waals surface area contributed by atoms with Crippen LogP contribution >= 0.6 is 11.3 Å². The van der Waals surface area contributed by atoms with Crippen molar-refractivity contribution in [3.05, 3.63) is 46.4 Å². The van der Waals surface area contributed by atoms with E-state index in [4.69, 9.17) is 0 Å². The van der Waals surface area contributed by atoms with Crippen molar-refractivity contribution in [1.29, 1.82) is 0 Å². The molecular formula is C18H26N4OS. The first kappa shape index (κ1) is 18.3. The van der Waals surface area contributed by atoms with Crippen molar-refractivity contribution in [2.75, 3.05) is 32.1 Å². The third kappa shape index (κ3) is 5.85. The number of carbonyl (C=O) groups excluding carboxylic acids is 1. The summed E-state index contributed by atoms with van der Waals surface area (Å²) in [4.78, 5) is 20.3. The first-order valence-electron chi connectivity index (χ1n) is 8.22. The van der Waals surface area contributed by atoms with E-state index < -0.39 is 0 Å². The number of nitrogens with one attached hydrogen (secondary N) is 1. The molecule has 1 heterocycles. The van der Waals surface area contributed by atoms with Crippen molar-refractivity contribution in [2.24, 2.45) is 0 Å². The maximum Gasteiger partial charge on any atom is 0.317 e. The monoisotopic (exact) mass is 346 g/mol. The molecular weight excluding hydrogens is 320 g/mol. The zero-order valence-corrected chi connectivity index (χ0v) is 15.5. The topological polar surface area (TPSA) is 48.5 Å². The van der Waals surface area contributed by atoms with Gasteiger partial charge in [0.25, 0.3) is 0 Å². The Labute approximate surface area is 148 Å². The highest BCUT2D eigenvalue weighted by molar-refractivity contribution is 7.09. The number of hydrogen-bond acceptors (Lipinski definition) is 4. The zero-order chi connectivity index (χ0) is 17.4. The number of thiazole rings is 1. The van der Waals surface area contributed by atoms with Crippen LogP contribution in [0.1, 0.15) is 23.5 Å². The standard InChI is InChI=1S/C18H26N4OS/c1-15-20-16(14-24-15)13-22(3)18(23)19-11-7-8-12-21(2)17-9-5-4-6-10-17/h4-6,9-10,14H,7-8,11-13H2,1-3H3,(H,19,23). The number of nitrogens with zero attached hydrogens (tertiary/aromatic N) is 3. The van der Waals surface area contributed by atoms with Gasteiger partial charge in [0, 0.05) is 38.3 Å². The van der Waals surface area contributed by atoms with Crippen LogP contribution in [-0.2, 0) is 6.54 Å².